The minimum atomic E-state index is -0.653. The van der Waals surface area contributed by atoms with Gasteiger partial charge in [-0.2, -0.15) is 0 Å². The molecule has 7 heteroatoms. The van der Waals surface area contributed by atoms with Crippen molar-refractivity contribution in [2.45, 2.75) is 12.8 Å². The van der Waals surface area contributed by atoms with E-state index in [0.717, 1.165) is 5.56 Å². The van der Waals surface area contributed by atoms with Crippen molar-refractivity contribution in [1.82, 2.24) is 10.9 Å². The topological polar surface area (TPSA) is 84.5 Å². The first-order valence-corrected chi connectivity index (χ1v) is 7.59. The summed E-state index contributed by atoms with van der Waals surface area (Å²) < 4.78 is 17.6. The molecular formula is C18H17FN2O4. The molecule has 0 heterocycles. The summed E-state index contributed by atoms with van der Waals surface area (Å²) in [6, 6.07) is 14.1. The van der Waals surface area contributed by atoms with Crippen LogP contribution in [0.15, 0.2) is 54.6 Å². The number of hydrazine groups is 1. The highest BCUT2D eigenvalue weighted by Gasteiger charge is 2.10. The number of halogens is 1. The van der Waals surface area contributed by atoms with Crippen LogP contribution >= 0.6 is 0 Å². The number of ether oxygens (including phenoxy) is 1. The summed E-state index contributed by atoms with van der Waals surface area (Å²) in [4.78, 5) is 34.8. The number of rotatable bonds is 6. The van der Waals surface area contributed by atoms with Crippen LogP contribution in [0.1, 0.15) is 22.3 Å². The zero-order valence-electron chi connectivity index (χ0n) is 13.3. The molecule has 0 aliphatic carbocycles. The van der Waals surface area contributed by atoms with Crippen molar-refractivity contribution >= 4 is 17.8 Å². The number of amides is 2. The average Bonchev–Trinajstić information content (AvgIpc) is 2.64. The number of nitrogens with one attached hydrogen (secondary N) is 2. The summed E-state index contributed by atoms with van der Waals surface area (Å²) in [6.07, 6.45) is 0.445. The lowest BCUT2D eigenvalue weighted by Crippen LogP contribution is -2.43. The second kappa shape index (κ2) is 9.17. The fraction of sp³-hybridized carbons (Fsp3) is 0.167. The monoisotopic (exact) mass is 344 g/mol. The molecule has 6 nitrogen and oxygen atoms in total. The lowest BCUT2D eigenvalue weighted by molar-refractivity contribution is -0.148. The molecule has 0 saturated carbocycles. The first-order chi connectivity index (χ1) is 12.0. The van der Waals surface area contributed by atoms with Gasteiger partial charge >= 0.3 is 5.97 Å². The van der Waals surface area contributed by atoms with E-state index < -0.39 is 24.4 Å². The average molecular weight is 344 g/mol. The van der Waals surface area contributed by atoms with Gasteiger partial charge in [0.1, 0.15) is 5.82 Å². The van der Waals surface area contributed by atoms with Gasteiger partial charge in [0.15, 0.2) is 6.61 Å². The van der Waals surface area contributed by atoms with Gasteiger partial charge in [-0.3, -0.25) is 25.2 Å². The van der Waals surface area contributed by atoms with Crippen LogP contribution in [-0.2, 0) is 20.7 Å². The highest BCUT2D eigenvalue weighted by Crippen LogP contribution is 2.06. The Morgan fingerprint density at radius 3 is 2.28 bits per heavy atom. The van der Waals surface area contributed by atoms with Gasteiger partial charge in [0.25, 0.3) is 11.8 Å². The summed E-state index contributed by atoms with van der Waals surface area (Å²) in [5.41, 5.74) is 5.56. The van der Waals surface area contributed by atoms with Crippen molar-refractivity contribution in [3.63, 3.8) is 0 Å². The predicted molar refractivity (Wildman–Crippen MR) is 87.7 cm³/mol. The van der Waals surface area contributed by atoms with E-state index >= 15 is 0 Å². The Morgan fingerprint density at radius 2 is 1.60 bits per heavy atom. The van der Waals surface area contributed by atoms with Crippen LogP contribution in [0.5, 0.6) is 0 Å². The highest BCUT2D eigenvalue weighted by atomic mass is 19.1. The molecule has 0 radical (unpaired) electrons. The van der Waals surface area contributed by atoms with Gasteiger partial charge in [-0.15, -0.1) is 0 Å². The lowest BCUT2D eigenvalue weighted by Gasteiger charge is -2.08. The Kier molecular flexibility index (Phi) is 6.65. The largest absolute Gasteiger partial charge is 0.455 e. The number of aryl methyl sites for hydroxylation is 1. The third-order valence-electron chi connectivity index (χ3n) is 3.25. The number of carbonyl (C=O) groups is 3. The summed E-state index contributed by atoms with van der Waals surface area (Å²) in [7, 11) is 0. The Labute approximate surface area is 144 Å². The normalized spacial score (nSPS) is 9.96. The molecular weight excluding hydrogens is 327 g/mol. The van der Waals surface area contributed by atoms with Crippen LogP contribution in [0.4, 0.5) is 4.39 Å². The molecule has 2 rings (SSSR count). The smallest absolute Gasteiger partial charge is 0.306 e. The number of esters is 1. The Bertz CT molecular complexity index is 733. The van der Waals surface area contributed by atoms with E-state index in [1.807, 2.05) is 0 Å². The summed E-state index contributed by atoms with van der Waals surface area (Å²) in [6.45, 7) is -0.503. The molecule has 2 N–H and O–H groups in total. The Balaban J connectivity index is 1.64. The Morgan fingerprint density at radius 1 is 0.920 bits per heavy atom. The molecule has 25 heavy (non-hydrogen) atoms. The maximum absolute atomic E-state index is 12.8. The van der Waals surface area contributed by atoms with Crippen molar-refractivity contribution in [2.75, 3.05) is 6.61 Å². The molecule has 0 atom stereocenters. The first kappa shape index (κ1) is 18.1. The van der Waals surface area contributed by atoms with Crippen LogP contribution in [-0.4, -0.2) is 24.4 Å². The molecule has 0 unspecified atom stereocenters. The quantitative estimate of drug-likeness (QED) is 0.618. The van der Waals surface area contributed by atoms with E-state index in [4.69, 9.17) is 4.74 Å². The third kappa shape index (κ3) is 6.42. The maximum atomic E-state index is 12.8. The molecule has 2 aromatic rings. The van der Waals surface area contributed by atoms with Crippen molar-refractivity contribution < 1.29 is 23.5 Å². The molecule has 2 aromatic carbocycles. The van der Waals surface area contributed by atoms with E-state index in [0.29, 0.717) is 12.0 Å². The molecule has 0 bridgehead atoms. The summed E-state index contributed by atoms with van der Waals surface area (Å²) in [5.74, 6) is -2.04. The van der Waals surface area contributed by atoms with Gasteiger partial charge < -0.3 is 4.74 Å². The minimum absolute atomic E-state index is 0.0648. The molecule has 0 saturated heterocycles. The van der Waals surface area contributed by atoms with E-state index in [2.05, 4.69) is 10.9 Å². The first-order valence-electron chi connectivity index (χ1n) is 7.59. The van der Waals surface area contributed by atoms with E-state index in [9.17, 15) is 18.8 Å². The zero-order chi connectivity index (χ0) is 18.1. The third-order valence-corrected chi connectivity index (χ3v) is 3.25. The number of benzene rings is 2. The van der Waals surface area contributed by atoms with E-state index in [1.54, 1.807) is 42.5 Å². The van der Waals surface area contributed by atoms with Gasteiger partial charge in [-0.25, -0.2) is 4.39 Å². The molecule has 130 valence electrons. The minimum Gasteiger partial charge on any atom is -0.455 e. The van der Waals surface area contributed by atoms with Crippen LogP contribution in [0.25, 0.3) is 0 Å². The van der Waals surface area contributed by atoms with Gasteiger partial charge in [0, 0.05) is 12.0 Å². The number of carbonyl (C=O) groups excluding carboxylic acids is 3. The zero-order valence-corrected chi connectivity index (χ0v) is 13.3. The van der Waals surface area contributed by atoms with Crippen molar-refractivity contribution in [3.05, 3.63) is 71.5 Å². The van der Waals surface area contributed by atoms with Gasteiger partial charge in [0.2, 0.25) is 0 Å². The van der Waals surface area contributed by atoms with Crippen LogP contribution in [0, 0.1) is 5.82 Å². The van der Waals surface area contributed by atoms with Crippen molar-refractivity contribution in [1.29, 1.82) is 0 Å². The second-order valence-electron chi connectivity index (χ2n) is 5.16. The van der Waals surface area contributed by atoms with Gasteiger partial charge in [-0.1, -0.05) is 30.3 Å². The van der Waals surface area contributed by atoms with E-state index in [1.165, 1.54) is 12.1 Å². The second-order valence-corrected chi connectivity index (χ2v) is 5.16. The molecule has 0 aliphatic heterocycles. The summed E-state index contributed by atoms with van der Waals surface area (Å²) in [5, 5.41) is 0. The number of hydrogen-bond acceptors (Lipinski definition) is 4. The molecule has 0 aromatic heterocycles. The molecule has 0 fully saturated rings. The van der Waals surface area contributed by atoms with Crippen LogP contribution < -0.4 is 10.9 Å². The lowest BCUT2D eigenvalue weighted by atomic mass is 10.1. The molecule has 0 spiro atoms. The van der Waals surface area contributed by atoms with Crippen LogP contribution in [0.3, 0.4) is 0 Å². The molecule has 0 aliphatic rings. The van der Waals surface area contributed by atoms with Crippen molar-refractivity contribution in [2.24, 2.45) is 0 Å². The van der Waals surface area contributed by atoms with Crippen molar-refractivity contribution in [3.8, 4) is 0 Å². The highest BCUT2D eigenvalue weighted by molar-refractivity contribution is 5.95. The fourth-order valence-electron chi connectivity index (χ4n) is 1.94. The SMILES string of the molecule is O=C(COC(=O)CCc1ccc(F)cc1)NNC(=O)c1ccccc1. The van der Waals surface area contributed by atoms with Crippen LogP contribution in [0.2, 0.25) is 0 Å². The van der Waals surface area contributed by atoms with Gasteiger partial charge in [-0.05, 0) is 36.2 Å². The van der Waals surface area contributed by atoms with E-state index in [-0.39, 0.29) is 12.2 Å². The summed E-state index contributed by atoms with van der Waals surface area (Å²) >= 11 is 0. The fourth-order valence-corrected chi connectivity index (χ4v) is 1.94. The molecule has 2 amide bonds. The maximum Gasteiger partial charge on any atom is 0.306 e. The standard InChI is InChI=1S/C18H17FN2O4/c19-15-9-6-13(7-10-15)8-11-17(23)25-12-16(22)20-21-18(24)14-4-2-1-3-5-14/h1-7,9-10H,8,11-12H2,(H,20,22)(H,21,24). The van der Waals surface area contributed by atoms with Gasteiger partial charge in [0.05, 0.1) is 0 Å². The predicted octanol–water partition coefficient (Wildman–Crippen LogP) is 1.76. The number of hydrogen-bond donors (Lipinski definition) is 2. The Hall–Kier alpha value is -3.22.